The monoisotopic (exact) mass is 567 g/mol. The van der Waals surface area contributed by atoms with Crippen LogP contribution >= 0.6 is 11.8 Å². The number of hydrogen-bond acceptors (Lipinski definition) is 5. The number of benzene rings is 1. The molecule has 0 spiro atoms. The zero-order chi connectivity index (χ0) is 28.5. The van der Waals surface area contributed by atoms with Gasteiger partial charge in [0.05, 0.1) is 6.04 Å². The normalized spacial score (nSPS) is 21.1. The minimum Gasteiger partial charge on any atom is -0.359 e. The van der Waals surface area contributed by atoms with Gasteiger partial charge >= 0.3 is 0 Å². The zero-order valence-electron chi connectivity index (χ0n) is 22.1. The lowest BCUT2D eigenvalue weighted by Crippen LogP contribution is -2.42. The smallest absolute Gasteiger partial charge is 0.247 e. The topological polar surface area (TPSA) is 69.7 Å². The van der Waals surface area contributed by atoms with Crippen LogP contribution in [-0.2, 0) is 26.7 Å². The van der Waals surface area contributed by atoms with E-state index in [2.05, 4.69) is 5.32 Å². The number of hydrogen-bond donors (Lipinski definition) is 1. The van der Waals surface area contributed by atoms with Gasteiger partial charge in [-0.1, -0.05) is 18.6 Å². The average Bonchev–Trinajstić information content (AvgIpc) is 3.00. The number of rotatable bonds is 10. The number of nitrogens with zero attached hydrogens (tertiary/aromatic N) is 2. The van der Waals surface area contributed by atoms with Gasteiger partial charge in [0.25, 0.3) is 0 Å². The van der Waals surface area contributed by atoms with Gasteiger partial charge in [0.2, 0.25) is 11.8 Å². The third kappa shape index (κ3) is 7.82. The number of allylic oxidation sites excluding steroid dienone is 3. The molecule has 1 unspecified atom stereocenters. The summed E-state index contributed by atoms with van der Waals surface area (Å²) in [6, 6.07) is -0.871. The van der Waals surface area contributed by atoms with Crippen LogP contribution in [0.4, 0.5) is 17.6 Å². The minimum atomic E-state index is -1.41. The van der Waals surface area contributed by atoms with Crippen molar-refractivity contribution in [3.63, 3.8) is 0 Å². The highest BCUT2D eigenvalue weighted by Crippen LogP contribution is 2.33. The SMILES string of the molecule is CNC(=O)CCC(C=O)N1C/C(C)=C(SCc2c(F)c(F)c(CN3CCCCC3)c(F)c2F)/C=C\C=C\C1=O. The molecule has 0 saturated carbocycles. The number of carbonyl (C=O) groups is 3. The largest absolute Gasteiger partial charge is 0.359 e. The zero-order valence-corrected chi connectivity index (χ0v) is 22.9. The van der Waals surface area contributed by atoms with Crippen molar-refractivity contribution in [3.05, 3.63) is 69.2 Å². The number of amides is 2. The first-order valence-corrected chi connectivity index (χ1v) is 13.9. The molecular weight excluding hydrogens is 534 g/mol. The second-order valence-corrected chi connectivity index (χ2v) is 10.6. The number of carbonyl (C=O) groups excluding carboxylic acids is 3. The van der Waals surface area contributed by atoms with Gasteiger partial charge < -0.3 is 15.0 Å². The van der Waals surface area contributed by atoms with E-state index < -0.39 is 52.1 Å². The molecule has 2 heterocycles. The van der Waals surface area contributed by atoms with Crippen LogP contribution in [0.3, 0.4) is 0 Å². The van der Waals surface area contributed by atoms with E-state index >= 15 is 0 Å². The maximum absolute atomic E-state index is 15.0. The summed E-state index contributed by atoms with van der Waals surface area (Å²) in [7, 11) is 1.47. The van der Waals surface area contributed by atoms with E-state index in [0.29, 0.717) is 29.9 Å². The molecule has 1 saturated heterocycles. The fraction of sp³-hybridized carbons (Fsp3) is 0.464. The molecule has 1 fully saturated rings. The average molecular weight is 568 g/mol. The maximum Gasteiger partial charge on any atom is 0.247 e. The fourth-order valence-electron chi connectivity index (χ4n) is 4.56. The Morgan fingerprint density at radius 1 is 1.03 bits per heavy atom. The summed E-state index contributed by atoms with van der Waals surface area (Å²) < 4.78 is 59.7. The maximum atomic E-state index is 15.0. The van der Waals surface area contributed by atoms with Gasteiger partial charge in [0, 0.05) is 54.4 Å². The first kappa shape index (κ1) is 30.6. The lowest BCUT2D eigenvalue weighted by Gasteiger charge is -2.28. The van der Waals surface area contributed by atoms with Crippen molar-refractivity contribution in [1.82, 2.24) is 15.1 Å². The third-order valence-electron chi connectivity index (χ3n) is 6.86. The first-order valence-electron chi connectivity index (χ1n) is 12.9. The molecule has 0 radical (unpaired) electrons. The van der Waals surface area contributed by atoms with Crippen molar-refractivity contribution in [1.29, 1.82) is 0 Å². The molecule has 212 valence electrons. The highest BCUT2D eigenvalue weighted by molar-refractivity contribution is 8.02. The first-order chi connectivity index (χ1) is 18.7. The Morgan fingerprint density at radius 3 is 2.26 bits per heavy atom. The van der Waals surface area contributed by atoms with E-state index in [1.807, 2.05) is 0 Å². The molecule has 6 nitrogen and oxygen atoms in total. The van der Waals surface area contributed by atoms with Crippen LogP contribution in [0.2, 0.25) is 0 Å². The van der Waals surface area contributed by atoms with Crippen LogP contribution in [0, 0.1) is 23.3 Å². The number of halogens is 4. The predicted molar refractivity (Wildman–Crippen MR) is 143 cm³/mol. The highest BCUT2D eigenvalue weighted by atomic mass is 32.2. The summed E-state index contributed by atoms with van der Waals surface area (Å²) in [6.07, 6.45) is 9.42. The van der Waals surface area contributed by atoms with E-state index in [4.69, 9.17) is 0 Å². The molecule has 1 N–H and O–H groups in total. The van der Waals surface area contributed by atoms with Crippen LogP contribution in [0.25, 0.3) is 0 Å². The van der Waals surface area contributed by atoms with E-state index in [9.17, 15) is 31.9 Å². The summed E-state index contributed by atoms with van der Waals surface area (Å²) in [5, 5.41) is 2.47. The molecule has 0 bridgehead atoms. The van der Waals surface area contributed by atoms with Gasteiger partial charge in [-0.05, 0) is 50.9 Å². The Balaban J connectivity index is 1.82. The molecule has 0 aliphatic carbocycles. The van der Waals surface area contributed by atoms with E-state index in [0.717, 1.165) is 31.0 Å². The number of likely N-dealkylation sites (tertiary alicyclic amines) is 1. The molecule has 1 aromatic carbocycles. The molecule has 3 rings (SSSR count). The van der Waals surface area contributed by atoms with E-state index in [1.54, 1.807) is 24.0 Å². The highest BCUT2D eigenvalue weighted by Gasteiger charge is 2.28. The fourth-order valence-corrected chi connectivity index (χ4v) is 5.60. The lowest BCUT2D eigenvalue weighted by molar-refractivity contribution is -0.132. The molecule has 1 atom stereocenters. The number of nitrogens with one attached hydrogen (secondary N) is 1. The van der Waals surface area contributed by atoms with E-state index in [-0.39, 0.29) is 31.8 Å². The lowest BCUT2D eigenvalue weighted by atomic mass is 10.1. The molecule has 39 heavy (non-hydrogen) atoms. The van der Waals surface area contributed by atoms with E-state index in [1.165, 1.54) is 24.1 Å². The van der Waals surface area contributed by atoms with Crippen molar-refractivity contribution < 1.29 is 31.9 Å². The molecule has 2 aliphatic heterocycles. The van der Waals surface area contributed by atoms with Crippen LogP contribution < -0.4 is 5.32 Å². The van der Waals surface area contributed by atoms with Crippen LogP contribution in [0.15, 0.2) is 34.8 Å². The summed E-state index contributed by atoms with van der Waals surface area (Å²) >= 11 is 0.967. The summed E-state index contributed by atoms with van der Waals surface area (Å²) in [5.74, 6) is -6.69. The Kier molecular flexibility index (Phi) is 11.4. The molecular formula is C28H33F4N3O3S. The molecule has 11 heteroatoms. The molecule has 1 aromatic rings. The van der Waals surface area contributed by atoms with Crippen molar-refractivity contribution >= 4 is 29.9 Å². The summed E-state index contributed by atoms with van der Waals surface area (Å²) in [4.78, 5) is 39.8. The van der Waals surface area contributed by atoms with Gasteiger partial charge in [0.15, 0.2) is 23.3 Å². The van der Waals surface area contributed by atoms with Gasteiger partial charge in [-0.2, -0.15) is 0 Å². The Hall–Kier alpha value is -2.92. The third-order valence-corrected chi connectivity index (χ3v) is 8.09. The van der Waals surface area contributed by atoms with Crippen LogP contribution in [0.1, 0.15) is 50.2 Å². The quantitative estimate of drug-likeness (QED) is 0.250. The number of piperidine rings is 1. The van der Waals surface area contributed by atoms with Crippen LogP contribution in [-0.4, -0.2) is 60.6 Å². The standard InChI is InChI=1S/C28H33F4N3O3S/c1-18-14-35(19(16-36)10-11-23(37)33-2)24(38)9-5-4-8-22(18)39-17-21-27(31)25(29)20(26(30)28(21)32)15-34-12-6-3-7-13-34/h4-5,8-9,16,19H,3,6-7,10-15,17H2,1-2H3,(H,33,37)/b8-4-,9-5+,22-18-. The van der Waals surface area contributed by atoms with Gasteiger partial charge in [0.1, 0.15) is 6.29 Å². The summed E-state index contributed by atoms with van der Waals surface area (Å²) in [5.41, 5.74) is -0.705. The number of thioether (sulfide) groups is 1. The van der Waals surface area contributed by atoms with Crippen molar-refractivity contribution in [3.8, 4) is 0 Å². The van der Waals surface area contributed by atoms with Gasteiger partial charge in [-0.15, -0.1) is 11.8 Å². The number of aldehydes is 1. The Bertz CT molecular complexity index is 1150. The second kappa shape index (κ2) is 14.5. The van der Waals surface area contributed by atoms with Crippen molar-refractivity contribution in [2.45, 2.75) is 57.4 Å². The predicted octanol–water partition coefficient (Wildman–Crippen LogP) is 4.78. The van der Waals surface area contributed by atoms with Gasteiger partial charge in [-0.25, -0.2) is 17.6 Å². The minimum absolute atomic E-state index is 0.00938. The van der Waals surface area contributed by atoms with Gasteiger partial charge in [-0.3, -0.25) is 14.5 Å². The Morgan fingerprint density at radius 2 is 1.64 bits per heavy atom. The molecule has 2 aliphatic rings. The molecule has 2 amide bonds. The Labute approximate surface area is 230 Å². The van der Waals surface area contributed by atoms with Crippen molar-refractivity contribution in [2.24, 2.45) is 0 Å². The van der Waals surface area contributed by atoms with Crippen LogP contribution in [0.5, 0.6) is 0 Å². The summed E-state index contributed by atoms with van der Waals surface area (Å²) in [6.45, 7) is 2.73. The van der Waals surface area contributed by atoms with Crippen molar-refractivity contribution in [2.75, 3.05) is 26.7 Å². The molecule has 0 aromatic heterocycles. The second-order valence-electron chi connectivity index (χ2n) is 9.58.